The third-order valence-corrected chi connectivity index (χ3v) is 4.58. The second-order valence-electron chi connectivity index (χ2n) is 6.57. The van der Waals surface area contributed by atoms with Gasteiger partial charge in [0.05, 0.1) is 10.9 Å². The number of carbonyl (C=O) groups is 2. The smallest absolute Gasteiger partial charge is 0.258 e. The minimum atomic E-state index is -0.147. The summed E-state index contributed by atoms with van der Waals surface area (Å²) in [6, 6.07) is 7.21. The Kier molecular flexibility index (Phi) is 5.99. The van der Waals surface area contributed by atoms with E-state index in [4.69, 9.17) is 0 Å². The number of benzene rings is 1. The highest BCUT2D eigenvalue weighted by Crippen LogP contribution is 2.09. The number of aromatic nitrogens is 2. The Bertz CT molecular complexity index is 846. The first-order valence-electron chi connectivity index (χ1n) is 9.16. The summed E-state index contributed by atoms with van der Waals surface area (Å²) in [5.41, 5.74) is 0.527. The molecule has 1 aromatic carbocycles. The largest absolute Gasteiger partial charge is 0.356 e. The van der Waals surface area contributed by atoms with E-state index >= 15 is 0 Å². The molecule has 2 N–H and O–H groups in total. The molecule has 0 radical (unpaired) electrons. The van der Waals surface area contributed by atoms with Crippen molar-refractivity contribution in [1.82, 2.24) is 20.2 Å². The first-order chi connectivity index (χ1) is 12.6. The van der Waals surface area contributed by atoms with Gasteiger partial charge in [0.2, 0.25) is 11.8 Å². The maximum absolute atomic E-state index is 12.0. The molecule has 26 heavy (non-hydrogen) atoms. The van der Waals surface area contributed by atoms with Gasteiger partial charge in [-0.2, -0.15) is 0 Å². The number of para-hydroxylation sites is 1. The number of carbonyl (C=O) groups excluding carboxylic acids is 2. The standard InChI is InChI=1S/C19H24N4O3/c24-17(20-11-5-13-23-12-4-10-18(23)25)9-3-8-16-21-15-7-2-1-6-14(15)19(26)22-16/h1-2,6-7H,3-5,8-13H2,(H,20,24)(H,21,22,26). The quantitative estimate of drug-likeness (QED) is 0.699. The number of aryl methyl sites for hydroxylation is 1. The molecule has 1 aromatic heterocycles. The molecule has 0 saturated carbocycles. The summed E-state index contributed by atoms with van der Waals surface area (Å²) in [4.78, 5) is 44.4. The van der Waals surface area contributed by atoms with Crippen LogP contribution >= 0.6 is 0 Å². The molecule has 1 fully saturated rings. The van der Waals surface area contributed by atoms with E-state index in [1.165, 1.54) is 0 Å². The van der Waals surface area contributed by atoms with E-state index in [-0.39, 0.29) is 17.4 Å². The van der Waals surface area contributed by atoms with Gasteiger partial charge in [0.25, 0.3) is 5.56 Å². The van der Waals surface area contributed by atoms with Crippen molar-refractivity contribution in [1.29, 1.82) is 0 Å². The van der Waals surface area contributed by atoms with Crippen LogP contribution in [0.15, 0.2) is 29.1 Å². The van der Waals surface area contributed by atoms with Crippen molar-refractivity contribution in [3.05, 3.63) is 40.4 Å². The number of fused-ring (bicyclic) bond motifs is 1. The van der Waals surface area contributed by atoms with E-state index in [9.17, 15) is 14.4 Å². The topological polar surface area (TPSA) is 95.2 Å². The maximum Gasteiger partial charge on any atom is 0.258 e. The highest BCUT2D eigenvalue weighted by molar-refractivity contribution is 5.78. The highest BCUT2D eigenvalue weighted by atomic mass is 16.2. The van der Waals surface area contributed by atoms with Crippen LogP contribution in [0.3, 0.4) is 0 Å². The van der Waals surface area contributed by atoms with E-state index in [1.54, 1.807) is 6.07 Å². The van der Waals surface area contributed by atoms with Gasteiger partial charge in [-0.15, -0.1) is 0 Å². The van der Waals surface area contributed by atoms with Crippen LogP contribution in [0.5, 0.6) is 0 Å². The number of aromatic amines is 1. The summed E-state index contributed by atoms with van der Waals surface area (Å²) in [7, 11) is 0. The molecule has 7 nitrogen and oxygen atoms in total. The van der Waals surface area contributed by atoms with Crippen LogP contribution in [0.4, 0.5) is 0 Å². The Morgan fingerprint density at radius 3 is 2.88 bits per heavy atom. The molecule has 2 amide bonds. The molecule has 2 heterocycles. The van der Waals surface area contributed by atoms with Gasteiger partial charge in [-0.3, -0.25) is 14.4 Å². The number of likely N-dealkylation sites (tertiary alicyclic amines) is 1. The molecular formula is C19H24N4O3. The number of H-pyrrole nitrogens is 1. The van der Waals surface area contributed by atoms with E-state index in [0.717, 1.165) is 19.4 Å². The normalized spacial score (nSPS) is 14.2. The van der Waals surface area contributed by atoms with E-state index < -0.39 is 0 Å². The zero-order valence-corrected chi connectivity index (χ0v) is 14.8. The van der Waals surface area contributed by atoms with Crippen molar-refractivity contribution in [2.75, 3.05) is 19.6 Å². The average Bonchev–Trinajstić information content (AvgIpc) is 3.04. The van der Waals surface area contributed by atoms with Gasteiger partial charge in [0.1, 0.15) is 5.82 Å². The molecule has 2 aromatic rings. The summed E-state index contributed by atoms with van der Waals surface area (Å²) in [6.07, 6.45) is 3.93. The molecule has 138 valence electrons. The Labute approximate surface area is 151 Å². The molecule has 1 aliphatic heterocycles. The molecular weight excluding hydrogens is 332 g/mol. The van der Waals surface area contributed by atoms with E-state index in [1.807, 2.05) is 23.1 Å². The highest BCUT2D eigenvalue weighted by Gasteiger charge is 2.18. The predicted molar refractivity (Wildman–Crippen MR) is 98.7 cm³/mol. The third kappa shape index (κ3) is 4.68. The van der Waals surface area contributed by atoms with E-state index in [2.05, 4.69) is 15.3 Å². The Balaban J connectivity index is 1.37. The van der Waals surface area contributed by atoms with Crippen LogP contribution < -0.4 is 10.9 Å². The first-order valence-corrected chi connectivity index (χ1v) is 9.16. The fourth-order valence-corrected chi connectivity index (χ4v) is 3.20. The van der Waals surface area contributed by atoms with Crippen LogP contribution in [-0.4, -0.2) is 46.3 Å². The zero-order valence-electron chi connectivity index (χ0n) is 14.8. The summed E-state index contributed by atoms with van der Waals surface area (Å²) >= 11 is 0. The van der Waals surface area contributed by atoms with Gasteiger partial charge in [0.15, 0.2) is 0 Å². The lowest BCUT2D eigenvalue weighted by Gasteiger charge is -2.15. The monoisotopic (exact) mass is 356 g/mol. The Hall–Kier alpha value is -2.70. The van der Waals surface area contributed by atoms with Crippen molar-refractivity contribution < 1.29 is 9.59 Å². The fourth-order valence-electron chi connectivity index (χ4n) is 3.20. The maximum atomic E-state index is 12.0. The average molecular weight is 356 g/mol. The van der Waals surface area contributed by atoms with Gasteiger partial charge < -0.3 is 15.2 Å². The molecule has 0 bridgehead atoms. The summed E-state index contributed by atoms with van der Waals surface area (Å²) in [5, 5.41) is 3.45. The van der Waals surface area contributed by atoms with Crippen molar-refractivity contribution in [2.24, 2.45) is 0 Å². The minimum absolute atomic E-state index is 0.0131. The first kappa shape index (κ1) is 18.1. The lowest BCUT2D eigenvalue weighted by molar-refractivity contribution is -0.127. The van der Waals surface area contributed by atoms with Crippen molar-refractivity contribution >= 4 is 22.7 Å². The van der Waals surface area contributed by atoms with Gasteiger partial charge in [0, 0.05) is 38.9 Å². The number of nitrogens with zero attached hydrogens (tertiary/aromatic N) is 2. The van der Waals surface area contributed by atoms with Crippen LogP contribution in [0.1, 0.15) is 37.9 Å². The number of nitrogens with one attached hydrogen (secondary N) is 2. The molecule has 0 atom stereocenters. The van der Waals surface area contributed by atoms with Gasteiger partial charge in [-0.05, 0) is 31.4 Å². The molecule has 7 heteroatoms. The second kappa shape index (κ2) is 8.60. The van der Waals surface area contributed by atoms with Gasteiger partial charge in [-0.1, -0.05) is 12.1 Å². The number of rotatable bonds is 8. The Morgan fingerprint density at radius 1 is 1.23 bits per heavy atom. The van der Waals surface area contributed by atoms with Crippen LogP contribution in [-0.2, 0) is 16.0 Å². The van der Waals surface area contributed by atoms with Crippen LogP contribution in [0.2, 0.25) is 0 Å². The molecule has 0 spiro atoms. The summed E-state index contributed by atoms with van der Waals surface area (Å²) in [6.45, 7) is 2.12. The second-order valence-corrected chi connectivity index (χ2v) is 6.57. The van der Waals surface area contributed by atoms with Crippen molar-refractivity contribution in [3.8, 4) is 0 Å². The molecule has 1 saturated heterocycles. The van der Waals surface area contributed by atoms with Gasteiger partial charge >= 0.3 is 0 Å². The molecule has 0 aliphatic carbocycles. The van der Waals surface area contributed by atoms with Crippen molar-refractivity contribution in [3.63, 3.8) is 0 Å². The molecule has 3 rings (SSSR count). The zero-order chi connectivity index (χ0) is 18.4. The third-order valence-electron chi connectivity index (χ3n) is 4.58. The number of hydrogen-bond donors (Lipinski definition) is 2. The van der Waals surface area contributed by atoms with Crippen LogP contribution in [0, 0.1) is 0 Å². The molecule has 0 unspecified atom stereocenters. The number of hydrogen-bond acceptors (Lipinski definition) is 4. The van der Waals surface area contributed by atoms with Crippen molar-refractivity contribution in [2.45, 2.75) is 38.5 Å². The lowest BCUT2D eigenvalue weighted by Crippen LogP contribution is -2.30. The SMILES string of the molecule is O=C(CCCc1nc2ccccc2c(=O)[nH]1)NCCCN1CCCC1=O. The predicted octanol–water partition coefficient (Wildman–Crippen LogP) is 1.37. The summed E-state index contributed by atoms with van der Waals surface area (Å²) < 4.78 is 0. The van der Waals surface area contributed by atoms with E-state index in [0.29, 0.717) is 55.5 Å². The van der Waals surface area contributed by atoms with Gasteiger partial charge in [-0.25, -0.2) is 4.98 Å². The minimum Gasteiger partial charge on any atom is -0.356 e. The molecule has 1 aliphatic rings. The number of amides is 2. The fraction of sp³-hybridized carbons (Fsp3) is 0.474. The lowest BCUT2D eigenvalue weighted by atomic mass is 10.2. The summed E-state index contributed by atoms with van der Waals surface area (Å²) in [5.74, 6) is 0.808. The Morgan fingerprint density at radius 2 is 2.08 bits per heavy atom. The van der Waals surface area contributed by atoms with Crippen LogP contribution in [0.25, 0.3) is 10.9 Å².